The van der Waals surface area contributed by atoms with Crippen LogP contribution in [0.15, 0.2) is 42.6 Å². The van der Waals surface area contributed by atoms with Gasteiger partial charge in [0.15, 0.2) is 5.15 Å². The lowest BCUT2D eigenvalue weighted by Gasteiger charge is -2.07. The van der Waals surface area contributed by atoms with Crippen molar-refractivity contribution < 1.29 is 9.84 Å². The topological polar surface area (TPSA) is 55.2 Å². The van der Waals surface area contributed by atoms with E-state index in [9.17, 15) is 5.11 Å². The molecule has 0 saturated carbocycles. The Labute approximate surface area is 124 Å². The van der Waals surface area contributed by atoms with Crippen LogP contribution >= 0.6 is 23.2 Å². The second-order valence-electron chi connectivity index (χ2n) is 4.04. The van der Waals surface area contributed by atoms with E-state index in [2.05, 4.69) is 9.97 Å². The van der Waals surface area contributed by atoms with E-state index in [0.717, 1.165) is 0 Å². The Morgan fingerprint density at radius 3 is 2.75 bits per heavy atom. The number of ether oxygens (including phenoxy) is 1. The number of nitrogens with zero attached hydrogens (tertiary/aromatic N) is 2. The minimum Gasteiger partial charge on any atom is -0.506 e. The van der Waals surface area contributed by atoms with Crippen LogP contribution in [0.25, 0.3) is 10.9 Å². The third-order valence-electron chi connectivity index (χ3n) is 2.66. The van der Waals surface area contributed by atoms with E-state index in [4.69, 9.17) is 27.9 Å². The van der Waals surface area contributed by atoms with Crippen LogP contribution in [0.3, 0.4) is 0 Å². The summed E-state index contributed by atoms with van der Waals surface area (Å²) in [4.78, 5) is 8.09. The van der Waals surface area contributed by atoms with Gasteiger partial charge in [0.25, 0.3) is 0 Å². The van der Waals surface area contributed by atoms with Gasteiger partial charge in [-0.3, -0.25) is 0 Å². The van der Waals surface area contributed by atoms with Crippen molar-refractivity contribution in [3.63, 3.8) is 0 Å². The molecule has 1 N–H and O–H groups in total. The minimum absolute atomic E-state index is 0.0196. The van der Waals surface area contributed by atoms with Crippen molar-refractivity contribution in [1.29, 1.82) is 0 Å². The van der Waals surface area contributed by atoms with E-state index in [1.807, 2.05) is 0 Å². The SMILES string of the molecule is Oc1cnc(Cl)c2nc(Oc3cccc(Cl)c3)ccc12. The second kappa shape index (κ2) is 5.15. The zero-order chi connectivity index (χ0) is 14.1. The van der Waals surface area contributed by atoms with Gasteiger partial charge in [-0.15, -0.1) is 0 Å². The fourth-order valence-corrected chi connectivity index (χ4v) is 2.13. The predicted octanol–water partition coefficient (Wildman–Crippen LogP) is 4.43. The molecule has 4 nitrogen and oxygen atoms in total. The first kappa shape index (κ1) is 13.0. The quantitative estimate of drug-likeness (QED) is 0.711. The van der Waals surface area contributed by atoms with Gasteiger partial charge in [-0.25, -0.2) is 9.97 Å². The van der Waals surface area contributed by atoms with Gasteiger partial charge >= 0.3 is 0 Å². The molecular weight excluding hydrogens is 299 g/mol. The van der Waals surface area contributed by atoms with Gasteiger partial charge in [0, 0.05) is 16.5 Å². The smallest absolute Gasteiger partial charge is 0.219 e. The fourth-order valence-electron chi connectivity index (χ4n) is 1.76. The van der Waals surface area contributed by atoms with Crippen molar-refractivity contribution in [2.24, 2.45) is 0 Å². The Balaban J connectivity index is 2.03. The molecule has 2 aromatic heterocycles. The molecule has 100 valence electrons. The van der Waals surface area contributed by atoms with Crippen molar-refractivity contribution >= 4 is 34.1 Å². The van der Waals surface area contributed by atoms with E-state index in [1.54, 1.807) is 36.4 Å². The molecule has 0 unspecified atom stereocenters. The summed E-state index contributed by atoms with van der Waals surface area (Å²) in [5.74, 6) is 0.925. The zero-order valence-corrected chi connectivity index (χ0v) is 11.6. The third kappa shape index (κ3) is 2.48. The molecule has 6 heteroatoms. The van der Waals surface area contributed by atoms with Crippen molar-refractivity contribution in [2.75, 3.05) is 0 Å². The average molecular weight is 307 g/mol. The molecule has 2 heterocycles. The number of hydrogen-bond donors (Lipinski definition) is 1. The summed E-state index contributed by atoms with van der Waals surface area (Å²) in [6.07, 6.45) is 1.28. The lowest BCUT2D eigenvalue weighted by atomic mass is 10.2. The monoisotopic (exact) mass is 306 g/mol. The molecule has 3 rings (SSSR count). The van der Waals surface area contributed by atoms with Gasteiger partial charge < -0.3 is 9.84 Å². The molecule has 0 bridgehead atoms. The lowest BCUT2D eigenvalue weighted by molar-refractivity contribution is 0.464. The van der Waals surface area contributed by atoms with Crippen LogP contribution in [0.5, 0.6) is 17.4 Å². The van der Waals surface area contributed by atoms with Gasteiger partial charge in [0.2, 0.25) is 5.88 Å². The fraction of sp³-hybridized carbons (Fsp3) is 0. The molecule has 0 aliphatic carbocycles. The number of fused-ring (bicyclic) bond motifs is 1. The first-order chi connectivity index (χ1) is 9.63. The predicted molar refractivity (Wildman–Crippen MR) is 77.7 cm³/mol. The normalized spacial score (nSPS) is 10.7. The maximum Gasteiger partial charge on any atom is 0.219 e. The summed E-state index contributed by atoms with van der Waals surface area (Å²) in [6, 6.07) is 10.3. The Morgan fingerprint density at radius 2 is 1.95 bits per heavy atom. The summed E-state index contributed by atoms with van der Waals surface area (Å²) < 4.78 is 5.60. The van der Waals surface area contributed by atoms with E-state index < -0.39 is 0 Å². The molecule has 0 amide bonds. The molecule has 0 fully saturated rings. The second-order valence-corrected chi connectivity index (χ2v) is 4.83. The molecule has 0 aliphatic rings. The Morgan fingerprint density at radius 1 is 1.10 bits per heavy atom. The Bertz CT molecular complexity index is 793. The van der Waals surface area contributed by atoms with Gasteiger partial charge in [0.1, 0.15) is 17.0 Å². The molecular formula is C14H8Cl2N2O2. The number of benzene rings is 1. The van der Waals surface area contributed by atoms with Crippen molar-refractivity contribution in [1.82, 2.24) is 9.97 Å². The molecule has 1 aromatic carbocycles. The summed E-state index contributed by atoms with van der Waals surface area (Å²) in [5.41, 5.74) is 0.381. The Kier molecular flexibility index (Phi) is 3.34. The number of hydrogen-bond acceptors (Lipinski definition) is 4. The summed E-state index contributed by atoms with van der Waals surface area (Å²) in [7, 11) is 0. The van der Waals surface area contributed by atoms with E-state index in [-0.39, 0.29) is 10.9 Å². The minimum atomic E-state index is 0.0196. The summed E-state index contributed by atoms with van der Waals surface area (Å²) in [5, 5.41) is 11.0. The first-order valence-corrected chi connectivity index (χ1v) is 6.47. The highest BCUT2D eigenvalue weighted by molar-refractivity contribution is 6.34. The van der Waals surface area contributed by atoms with Gasteiger partial charge in [-0.05, 0) is 24.3 Å². The number of halogens is 2. The highest BCUT2D eigenvalue weighted by Crippen LogP contribution is 2.30. The number of aromatic nitrogens is 2. The third-order valence-corrected chi connectivity index (χ3v) is 3.17. The Hall–Kier alpha value is -2.04. The molecule has 3 aromatic rings. The van der Waals surface area contributed by atoms with Gasteiger partial charge in [-0.1, -0.05) is 29.3 Å². The molecule has 0 spiro atoms. The average Bonchev–Trinajstić information content (AvgIpc) is 2.43. The maximum atomic E-state index is 9.69. The lowest BCUT2D eigenvalue weighted by Crippen LogP contribution is -1.90. The van der Waals surface area contributed by atoms with Crippen LogP contribution in [-0.2, 0) is 0 Å². The highest BCUT2D eigenvalue weighted by atomic mass is 35.5. The van der Waals surface area contributed by atoms with Crippen LogP contribution in [0.4, 0.5) is 0 Å². The van der Waals surface area contributed by atoms with Crippen LogP contribution in [0.1, 0.15) is 0 Å². The number of aromatic hydroxyl groups is 1. The van der Waals surface area contributed by atoms with Crippen LogP contribution in [0.2, 0.25) is 10.2 Å². The van der Waals surface area contributed by atoms with Gasteiger partial charge in [0.05, 0.1) is 6.20 Å². The number of rotatable bonds is 2. The van der Waals surface area contributed by atoms with Crippen molar-refractivity contribution in [2.45, 2.75) is 0 Å². The maximum absolute atomic E-state index is 9.69. The molecule has 0 aliphatic heterocycles. The van der Waals surface area contributed by atoms with Crippen molar-refractivity contribution in [3.05, 3.63) is 52.8 Å². The van der Waals surface area contributed by atoms with Gasteiger partial charge in [-0.2, -0.15) is 0 Å². The first-order valence-electron chi connectivity index (χ1n) is 5.71. The highest BCUT2D eigenvalue weighted by Gasteiger charge is 2.09. The van der Waals surface area contributed by atoms with Crippen LogP contribution in [0, 0.1) is 0 Å². The number of pyridine rings is 2. The van der Waals surface area contributed by atoms with E-state index in [0.29, 0.717) is 27.6 Å². The zero-order valence-electron chi connectivity index (χ0n) is 10.0. The molecule has 0 saturated heterocycles. The van der Waals surface area contributed by atoms with E-state index >= 15 is 0 Å². The largest absolute Gasteiger partial charge is 0.506 e. The molecule has 0 radical (unpaired) electrons. The van der Waals surface area contributed by atoms with Crippen molar-refractivity contribution in [3.8, 4) is 17.4 Å². The van der Waals surface area contributed by atoms with Crippen LogP contribution in [-0.4, -0.2) is 15.1 Å². The summed E-state index contributed by atoms with van der Waals surface area (Å²) >= 11 is 11.9. The standard InChI is InChI=1S/C14H8Cl2N2O2/c15-8-2-1-3-9(6-8)20-12-5-4-10-11(19)7-17-14(16)13(10)18-12/h1-7,19H. The van der Waals surface area contributed by atoms with Crippen LogP contribution < -0.4 is 4.74 Å². The van der Waals surface area contributed by atoms with E-state index in [1.165, 1.54) is 6.20 Å². The molecule has 0 atom stereocenters. The summed E-state index contributed by atoms with van der Waals surface area (Å²) in [6.45, 7) is 0. The molecule has 20 heavy (non-hydrogen) atoms.